The number of nitrogens with zero attached hydrogens (tertiary/aromatic N) is 1. The number of aromatic amines is 1. The predicted molar refractivity (Wildman–Crippen MR) is 67.9 cm³/mol. The molecule has 88 valence electrons. The fraction of sp³-hybridized carbons (Fsp3) is 0.273. The molecule has 2 heterocycles. The molecule has 1 fully saturated rings. The van der Waals surface area contributed by atoms with Crippen LogP contribution in [0.25, 0.3) is 10.6 Å². The number of hydrogen-bond acceptors (Lipinski definition) is 3. The highest BCUT2D eigenvalue weighted by Crippen LogP contribution is 2.38. The Balaban J connectivity index is 2.27. The molecule has 1 aliphatic carbocycles. The molecule has 0 aromatic carbocycles. The van der Waals surface area contributed by atoms with Crippen LogP contribution in [0.1, 0.15) is 18.9 Å². The van der Waals surface area contributed by atoms with E-state index in [2.05, 4.69) is 4.98 Å². The molecule has 1 N–H and O–H groups in total. The van der Waals surface area contributed by atoms with Crippen LogP contribution in [-0.2, 0) is 0 Å². The Kier molecular flexibility index (Phi) is 2.45. The van der Waals surface area contributed by atoms with E-state index in [0.29, 0.717) is 10.0 Å². The maximum atomic E-state index is 11.8. The van der Waals surface area contributed by atoms with E-state index in [4.69, 9.17) is 11.6 Å². The summed E-state index contributed by atoms with van der Waals surface area (Å²) in [5, 5.41) is 0. The number of nitrogens with one attached hydrogen (secondary N) is 1. The van der Waals surface area contributed by atoms with Crippen molar-refractivity contribution in [3.8, 4) is 10.6 Å². The first-order valence-electron chi connectivity index (χ1n) is 5.27. The zero-order valence-electron chi connectivity index (χ0n) is 8.77. The van der Waals surface area contributed by atoms with Crippen molar-refractivity contribution in [1.29, 1.82) is 0 Å². The molecule has 0 bridgehead atoms. The molecule has 17 heavy (non-hydrogen) atoms. The van der Waals surface area contributed by atoms with Gasteiger partial charge in [0.15, 0.2) is 0 Å². The summed E-state index contributed by atoms with van der Waals surface area (Å²) < 4.78 is 2.30. The van der Waals surface area contributed by atoms with Gasteiger partial charge in [-0.05, 0) is 25.0 Å². The lowest BCUT2D eigenvalue weighted by atomic mass is 10.3. The number of halogens is 1. The molecule has 1 aliphatic rings. The maximum Gasteiger partial charge on any atom is 0.329 e. The van der Waals surface area contributed by atoms with Gasteiger partial charge in [-0.15, -0.1) is 11.3 Å². The second kappa shape index (κ2) is 3.85. The third-order valence-corrected chi connectivity index (χ3v) is 3.97. The first-order chi connectivity index (χ1) is 8.15. The fourth-order valence-corrected chi connectivity index (χ4v) is 2.90. The molecule has 0 spiro atoms. The van der Waals surface area contributed by atoms with Gasteiger partial charge in [0.1, 0.15) is 0 Å². The average Bonchev–Trinajstić information content (AvgIpc) is 2.99. The number of hydrogen-bond donors (Lipinski definition) is 1. The molecule has 3 rings (SSSR count). The fourth-order valence-electron chi connectivity index (χ4n) is 1.84. The summed E-state index contributed by atoms with van der Waals surface area (Å²) >= 11 is 7.25. The van der Waals surface area contributed by atoms with Crippen LogP contribution in [-0.4, -0.2) is 9.55 Å². The van der Waals surface area contributed by atoms with Crippen LogP contribution in [0.15, 0.2) is 27.8 Å². The molecule has 6 heteroatoms. The van der Waals surface area contributed by atoms with Crippen LogP contribution < -0.4 is 11.2 Å². The number of H-pyrrole nitrogens is 1. The molecule has 4 nitrogen and oxygen atoms in total. The summed E-state index contributed by atoms with van der Waals surface area (Å²) in [6.07, 6.45) is 1.97. The Hall–Kier alpha value is -1.33. The molecule has 2 aromatic heterocycles. The van der Waals surface area contributed by atoms with Gasteiger partial charge in [-0.3, -0.25) is 14.3 Å². The number of aromatic nitrogens is 2. The van der Waals surface area contributed by atoms with E-state index in [1.165, 1.54) is 17.4 Å². The summed E-state index contributed by atoms with van der Waals surface area (Å²) in [7, 11) is 0. The number of thiophene rings is 1. The lowest BCUT2D eigenvalue weighted by Crippen LogP contribution is -2.29. The highest BCUT2D eigenvalue weighted by Gasteiger charge is 2.27. The average molecular weight is 269 g/mol. The minimum absolute atomic E-state index is 0.218. The van der Waals surface area contributed by atoms with Crippen LogP contribution in [0.4, 0.5) is 0 Å². The van der Waals surface area contributed by atoms with Gasteiger partial charge in [0.2, 0.25) is 0 Å². The quantitative estimate of drug-likeness (QED) is 0.908. The molecule has 2 aromatic rings. The molecule has 0 atom stereocenters. The van der Waals surface area contributed by atoms with Gasteiger partial charge in [0, 0.05) is 12.1 Å². The minimum atomic E-state index is -0.369. The van der Waals surface area contributed by atoms with Crippen LogP contribution in [0.2, 0.25) is 4.34 Å². The van der Waals surface area contributed by atoms with E-state index in [0.717, 1.165) is 17.7 Å². The third-order valence-electron chi connectivity index (χ3n) is 2.71. The molecule has 0 saturated heterocycles. The van der Waals surface area contributed by atoms with Crippen molar-refractivity contribution >= 4 is 22.9 Å². The Morgan fingerprint density at radius 3 is 2.71 bits per heavy atom. The van der Waals surface area contributed by atoms with E-state index in [1.807, 2.05) is 6.07 Å². The summed E-state index contributed by atoms with van der Waals surface area (Å²) in [5.74, 6) is 0. The smallest absolute Gasteiger partial charge is 0.289 e. The second-order valence-corrected chi connectivity index (χ2v) is 5.74. The zero-order chi connectivity index (χ0) is 12.0. The van der Waals surface area contributed by atoms with Gasteiger partial charge in [0.25, 0.3) is 5.56 Å². The molecular weight excluding hydrogens is 260 g/mol. The monoisotopic (exact) mass is 268 g/mol. The van der Waals surface area contributed by atoms with Crippen molar-refractivity contribution in [3.63, 3.8) is 0 Å². The van der Waals surface area contributed by atoms with Gasteiger partial charge in [0.05, 0.1) is 14.9 Å². The minimum Gasteiger partial charge on any atom is -0.289 e. The highest BCUT2D eigenvalue weighted by atomic mass is 35.5. The molecule has 0 unspecified atom stereocenters. The van der Waals surface area contributed by atoms with Crippen molar-refractivity contribution in [2.75, 3.05) is 0 Å². The van der Waals surface area contributed by atoms with Crippen molar-refractivity contribution in [2.45, 2.75) is 18.9 Å². The summed E-state index contributed by atoms with van der Waals surface area (Å²) in [4.78, 5) is 26.3. The van der Waals surface area contributed by atoms with E-state index >= 15 is 0 Å². The van der Waals surface area contributed by atoms with Crippen LogP contribution in [0.5, 0.6) is 0 Å². The van der Waals surface area contributed by atoms with Crippen molar-refractivity contribution in [2.24, 2.45) is 0 Å². The van der Waals surface area contributed by atoms with Crippen molar-refractivity contribution in [1.82, 2.24) is 9.55 Å². The van der Waals surface area contributed by atoms with Crippen LogP contribution >= 0.6 is 22.9 Å². The maximum absolute atomic E-state index is 11.8. The normalized spacial score (nSPS) is 15.1. The van der Waals surface area contributed by atoms with Crippen molar-refractivity contribution < 1.29 is 0 Å². The Morgan fingerprint density at radius 1 is 1.35 bits per heavy atom. The zero-order valence-corrected chi connectivity index (χ0v) is 10.3. The lowest BCUT2D eigenvalue weighted by Gasteiger charge is -2.08. The third kappa shape index (κ3) is 1.96. The lowest BCUT2D eigenvalue weighted by molar-refractivity contribution is 0.685. The van der Waals surface area contributed by atoms with E-state index in [9.17, 15) is 9.59 Å². The molecule has 0 aliphatic heterocycles. The Labute approximate surface area is 105 Å². The molecular formula is C11H9ClN2O2S. The van der Waals surface area contributed by atoms with Gasteiger partial charge < -0.3 is 0 Å². The summed E-state index contributed by atoms with van der Waals surface area (Å²) in [6.45, 7) is 0. The van der Waals surface area contributed by atoms with Gasteiger partial charge in [-0.2, -0.15) is 0 Å². The van der Waals surface area contributed by atoms with E-state index in [-0.39, 0.29) is 17.3 Å². The standard InChI is InChI=1S/C11H9ClN2O2S/c12-9-4-3-8(17-9)7-5-10(15)13-11(16)14(7)6-1-2-6/h3-6H,1-2H2,(H,13,15,16). The first kappa shape index (κ1) is 10.8. The van der Waals surface area contributed by atoms with Crippen LogP contribution in [0, 0.1) is 0 Å². The first-order valence-corrected chi connectivity index (χ1v) is 6.46. The number of rotatable bonds is 2. The molecule has 0 amide bonds. The second-order valence-electron chi connectivity index (χ2n) is 4.03. The van der Waals surface area contributed by atoms with Gasteiger partial charge in [-0.25, -0.2) is 4.79 Å². The highest BCUT2D eigenvalue weighted by molar-refractivity contribution is 7.19. The van der Waals surface area contributed by atoms with Crippen LogP contribution in [0.3, 0.4) is 0 Å². The van der Waals surface area contributed by atoms with Gasteiger partial charge >= 0.3 is 5.69 Å². The van der Waals surface area contributed by atoms with Crippen molar-refractivity contribution in [3.05, 3.63) is 43.4 Å². The van der Waals surface area contributed by atoms with Gasteiger partial charge in [-0.1, -0.05) is 11.6 Å². The summed E-state index contributed by atoms with van der Waals surface area (Å²) in [5.41, 5.74) is -0.0379. The molecule has 0 radical (unpaired) electrons. The van der Waals surface area contributed by atoms with E-state index < -0.39 is 0 Å². The Morgan fingerprint density at radius 2 is 2.12 bits per heavy atom. The Bertz CT molecular complexity index is 681. The predicted octanol–water partition coefficient (Wildman–Crippen LogP) is 2.25. The topological polar surface area (TPSA) is 54.9 Å². The van der Waals surface area contributed by atoms with E-state index in [1.54, 1.807) is 10.6 Å². The largest absolute Gasteiger partial charge is 0.329 e. The molecule has 1 saturated carbocycles. The SMILES string of the molecule is O=c1cc(-c2ccc(Cl)s2)n(C2CC2)c(=O)[nH]1. The summed E-state index contributed by atoms with van der Waals surface area (Å²) in [6, 6.07) is 5.28.